The van der Waals surface area contributed by atoms with E-state index in [0.717, 1.165) is 12.8 Å². The summed E-state index contributed by atoms with van der Waals surface area (Å²) in [7, 11) is 0. The standard InChI is InChI=1S/C19H24/c1-4-5-6-8-13-19(16-17(2)3)15-14-18-11-9-7-10-12-18/h7,9-12,14-15,19H,2,4-6,16H2,1,3H3/b15-14+. The van der Waals surface area contributed by atoms with E-state index in [4.69, 9.17) is 0 Å². The van der Waals surface area contributed by atoms with E-state index in [1.54, 1.807) is 0 Å². The quantitative estimate of drug-likeness (QED) is 0.357. The number of rotatable bonds is 6. The van der Waals surface area contributed by atoms with Gasteiger partial charge >= 0.3 is 0 Å². The average molecular weight is 252 g/mol. The largest absolute Gasteiger partial charge is 0.103 e. The van der Waals surface area contributed by atoms with Crippen molar-refractivity contribution in [1.82, 2.24) is 0 Å². The summed E-state index contributed by atoms with van der Waals surface area (Å²) in [6.07, 6.45) is 8.70. The van der Waals surface area contributed by atoms with Gasteiger partial charge in [-0.15, -0.1) is 12.5 Å². The summed E-state index contributed by atoms with van der Waals surface area (Å²) in [5.74, 6) is 6.93. The van der Waals surface area contributed by atoms with Crippen molar-refractivity contribution >= 4 is 6.08 Å². The minimum Gasteiger partial charge on any atom is -0.103 e. The third-order valence-corrected chi connectivity index (χ3v) is 2.83. The normalized spacial score (nSPS) is 11.9. The fourth-order valence-electron chi connectivity index (χ4n) is 1.80. The second-order valence-electron chi connectivity index (χ2n) is 4.96. The maximum Gasteiger partial charge on any atom is 0.0422 e. The highest BCUT2D eigenvalue weighted by Gasteiger charge is 2.00. The van der Waals surface area contributed by atoms with Gasteiger partial charge in [-0.2, -0.15) is 0 Å². The van der Waals surface area contributed by atoms with Crippen molar-refractivity contribution < 1.29 is 0 Å². The van der Waals surface area contributed by atoms with Crippen LogP contribution in [0.2, 0.25) is 0 Å². The van der Waals surface area contributed by atoms with Crippen LogP contribution in [0.5, 0.6) is 0 Å². The van der Waals surface area contributed by atoms with Crippen molar-refractivity contribution in [2.45, 2.75) is 39.5 Å². The lowest BCUT2D eigenvalue weighted by Crippen LogP contribution is -1.93. The third-order valence-electron chi connectivity index (χ3n) is 2.83. The van der Waals surface area contributed by atoms with Crippen molar-refractivity contribution in [2.75, 3.05) is 0 Å². The van der Waals surface area contributed by atoms with Crippen LogP contribution >= 0.6 is 0 Å². The van der Waals surface area contributed by atoms with Crippen LogP contribution in [0.4, 0.5) is 0 Å². The first-order valence-electron chi connectivity index (χ1n) is 7.08. The molecule has 0 N–H and O–H groups in total. The summed E-state index contributed by atoms with van der Waals surface area (Å²) in [4.78, 5) is 0. The Bertz CT molecular complexity index is 454. The van der Waals surface area contributed by atoms with Crippen LogP contribution in [0, 0.1) is 17.8 Å². The Morgan fingerprint density at radius 3 is 2.68 bits per heavy atom. The van der Waals surface area contributed by atoms with Gasteiger partial charge in [0.1, 0.15) is 0 Å². The molecule has 0 saturated carbocycles. The van der Waals surface area contributed by atoms with E-state index < -0.39 is 0 Å². The molecule has 1 aromatic rings. The Labute approximate surface area is 118 Å². The van der Waals surface area contributed by atoms with E-state index in [-0.39, 0.29) is 5.92 Å². The average Bonchev–Trinajstić information content (AvgIpc) is 2.41. The lowest BCUT2D eigenvalue weighted by molar-refractivity contribution is 0.809. The SMILES string of the molecule is C=C(C)CC(C#CCCCC)/C=C/c1ccccc1. The number of hydrogen-bond donors (Lipinski definition) is 0. The molecule has 0 heterocycles. The van der Waals surface area contributed by atoms with Crippen molar-refractivity contribution in [3.63, 3.8) is 0 Å². The van der Waals surface area contributed by atoms with Gasteiger partial charge in [0.05, 0.1) is 0 Å². The summed E-state index contributed by atoms with van der Waals surface area (Å²) in [6, 6.07) is 10.4. The van der Waals surface area contributed by atoms with Gasteiger partial charge in [-0.3, -0.25) is 0 Å². The fraction of sp³-hybridized carbons (Fsp3) is 0.368. The molecular formula is C19H24. The molecule has 0 spiro atoms. The number of hydrogen-bond acceptors (Lipinski definition) is 0. The molecule has 0 aliphatic carbocycles. The molecule has 1 aromatic carbocycles. The second-order valence-corrected chi connectivity index (χ2v) is 4.96. The van der Waals surface area contributed by atoms with E-state index in [0.29, 0.717) is 0 Å². The predicted molar refractivity (Wildman–Crippen MR) is 85.7 cm³/mol. The van der Waals surface area contributed by atoms with E-state index in [9.17, 15) is 0 Å². The molecule has 100 valence electrons. The van der Waals surface area contributed by atoms with Crippen LogP contribution in [0.15, 0.2) is 48.6 Å². The highest BCUT2D eigenvalue weighted by Crippen LogP contribution is 2.13. The molecule has 0 saturated heterocycles. The molecule has 1 atom stereocenters. The first-order valence-corrected chi connectivity index (χ1v) is 7.08. The number of unbranched alkanes of at least 4 members (excludes halogenated alkanes) is 2. The zero-order chi connectivity index (χ0) is 13.9. The summed E-state index contributed by atoms with van der Waals surface area (Å²) >= 11 is 0. The van der Waals surface area contributed by atoms with Crippen molar-refractivity contribution in [3.8, 4) is 11.8 Å². The van der Waals surface area contributed by atoms with E-state index in [2.05, 4.69) is 68.7 Å². The van der Waals surface area contributed by atoms with Crippen molar-refractivity contribution in [3.05, 3.63) is 54.1 Å². The smallest absolute Gasteiger partial charge is 0.0422 e. The van der Waals surface area contributed by atoms with E-state index in [1.165, 1.54) is 24.0 Å². The van der Waals surface area contributed by atoms with Gasteiger partial charge < -0.3 is 0 Å². The molecule has 0 nitrogen and oxygen atoms in total. The maximum absolute atomic E-state index is 3.99. The van der Waals surface area contributed by atoms with Gasteiger partial charge in [0.2, 0.25) is 0 Å². The zero-order valence-electron chi connectivity index (χ0n) is 12.2. The molecule has 0 fully saturated rings. The molecule has 0 amide bonds. The molecule has 0 aliphatic rings. The Morgan fingerprint density at radius 1 is 1.32 bits per heavy atom. The molecule has 1 rings (SSSR count). The van der Waals surface area contributed by atoms with Gasteiger partial charge in [0.15, 0.2) is 0 Å². The molecule has 0 aliphatic heterocycles. The Balaban J connectivity index is 2.65. The van der Waals surface area contributed by atoms with Gasteiger partial charge in [0.25, 0.3) is 0 Å². The second kappa shape index (κ2) is 9.22. The Morgan fingerprint density at radius 2 is 2.05 bits per heavy atom. The lowest BCUT2D eigenvalue weighted by atomic mass is 10.00. The molecular weight excluding hydrogens is 228 g/mol. The van der Waals surface area contributed by atoms with Crippen LogP contribution in [0.1, 0.15) is 45.1 Å². The summed E-state index contributed by atoms with van der Waals surface area (Å²) < 4.78 is 0. The summed E-state index contributed by atoms with van der Waals surface area (Å²) in [5, 5.41) is 0. The molecule has 19 heavy (non-hydrogen) atoms. The topological polar surface area (TPSA) is 0 Å². The zero-order valence-corrected chi connectivity index (χ0v) is 12.2. The summed E-state index contributed by atoms with van der Waals surface area (Å²) in [6.45, 7) is 8.26. The van der Waals surface area contributed by atoms with Gasteiger partial charge in [0, 0.05) is 12.3 Å². The fourth-order valence-corrected chi connectivity index (χ4v) is 1.80. The van der Waals surface area contributed by atoms with Crippen molar-refractivity contribution in [2.24, 2.45) is 5.92 Å². The molecule has 0 bridgehead atoms. The van der Waals surface area contributed by atoms with E-state index >= 15 is 0 Å². The van der Waals surface area contributed by atoms with Gasteiger partial charge in [-0.1, -0.05) is 67.3 Å². The van der Waals surface area contributed by atoms with Crippen molar-refractivity contribution in [1.29, 1.82) is 0 Å². The third kappa shape index (κ3) is 7.32. The molecule has 0 radical (unpaired) electrons. The highest BCUT2D eigenvalue weighted by atomic mass is 14.0. The van der Waals surface area contributed by atoms with Crippen LogP contribution in [-0.2, 0) is 0 Å². The maximum atomic E-state index is 3.99. The van der Waals surface area contributed by atoms with Gasteiger partial charge in [-0.05, 0) is 25.3 Å². The van der Waals surface area contributed by atoms with Crippen LogP contribution in [-0.4, -0.2) is 0 Å². The lowest BCUT2D eigenvalue weighted by Gasteiger charge is -2.04. The highest BCUT2D eigenvalue weighted by molar-refractivity contribution is 5.49. The predicted octanol–water partition coefficient (Wildman–Crippen LogP) is 5.48. The van der Waals surface area contributed by atoms with Crippen LogP contribution in [0.3, 0.4) is 0 Å². The first-order chi connectivity index (χ1) is 9.22. The number of allylic oxidation sites excluding steroid dienone is 2. The van der Waals surface area contributed by atoms with E-state index in [1.807, 2.05) is 6.07 Å². The molecule has 0 heteroatoms. The molecule has 1 unspecified atom stereocenters. The minimum atomic E-state index is 0.287. The van der Waals surface area contributed by atoms with Crippen LogP contribution in [0.25, 0.3) is 6.08 Å². The monoisotopic (exact) mass is 252 g/mol. The molecule has 0 aromatic heterocycles. The van der Waals surface area contributed by atoms with Crippen LogP contribution < -0.4 is 0 Å². The first kappa shape index (κ1) is 15.3. The summed E-state index contributed by atoms with van der Waals surface area (Å²) in [5.41, 5.74) is 2.41. The Kier molecular flexibility index (Phi) is 7.44. The number of benzene rings is 1. The minimum absolute atomic E-state index is 0.287. The van der Waals surface area contributed by atoms with Gasteiger partial charge in [-0.25, -0.2) is 0 Å². The Hall–Kier alpha value is -1.74.